The number of nitrogens with zero attached hydrogens (tertiary/aromatic N) is 2. The van der Waals surface area contributed by atoms with Crippen molar-refractivity contribution >= 4 is 21.8 Å². The average molecular weight is 273 g/mol. The smallest absolute Gasteiger partial charge is 0.291 e. The number of aromatic amines is 1. The van der Waals surface area contributed by atoms with Crippen LogP contribution in [0.2, 0.25) is 0 Å². The lowest BCUT2D eigenvalue weighted by atomic mass is 10.3. The van der Waals surface area contributed by atoms with Crippen LogP contribution >= 0.6 is 15.9 Å². The maximum atomic E-state index is 11.4. The van der Waals surface area contributed by atoms with Crippen LogP contribution in [0.4, 0.5) is 0 Å². The SMILES string of the molecule is C=C(Br)CNC(=O)c1n[nH]c(CCC)n1. The van der Waals surface area contributed by atoms with E-state index in [2.05, 4.69) is 43.0 Å². The molecule has 5 nitrogen and oxygen atoms in total. The maximum Gasteiger partial charge on any atom is 0.291 e. The molecule has 1 amide bonds. The Morgan fingerprint density at radius 3 is 3.00 bits per heavy atom. The summed E-state index contributed by atoms with van der Waals surface area (Å²) in [4.78, 5) is 15.5. The van der Waals surface area contributed by atoms with E-state index in [0.717, 1.165) is 18.7 Å². The van der Waals surface area contributed by atoms with Crippen LogP contribution in [0.5, 0.6) is 0 Å². The minimum Gasteiger partial charge on any atom is -0.345 e. The average Bonchev–Trinajstić information content (AvgIpc) is 2.63. The minimum atomic E-state index is -0.297. The monoisotopic (exact) mass is 272 g/mol. The molecular formula is C9H13BrN4O. The van der Waals surface area contributed by atoms with Crippen molar-refractivity contribution in [3.8, 4) is 0 Å². The molecule has 0 bridgehead atoms. The van der Waals surface area contributed by atoms with E-state index in [4.69, 9.17) is 0 Å². The summed E-state index contributed by atoms with van der Waals surface area (Å²) in [6, 6.07) is 0. The molecule has 15 heavy (non-hydrogen) atoms. The summed E-state index contributed by atoms with van der Waals surface area (Å²) < 4.78 is 0.708. The largest absolute Gasteiger partial charge is 0.345 e. The first kappa shape index (κ1) is 11.9. The van der Waals surface area contributed by atoms with E-state index in [1.54, 1.807) is 0 Å². The third-order valence-electron chi connectivity index (χ3n) is 1.66. The van der Waals surface area contributed by atoms with Crippen molar-refractivity contribution < 1.29 is 4.79 Å². The lowest BCUT2D eigenvalue weighted by Crippen LogP contribution is -2.25. The standard InChI is InChI=1S/C9H13BrN4O/c1-3-4-7-12-8(14-13-7)9(15)11-5-6(2)10/h2-5H2,1H3,(H,11,15)(H,12,13,14). The van der Waals surface area contributed by atoms with Gasteiger partial charge in [-0.15, -0.1) is 5.10 Å². The first-order chi connectivity index (χ1) is 7.13. The molecule has 0 aliphatic carbocycles. The number of aryl methyl sites for hydroxylation is 1. The third kappa shape index (κ3) is 3.83. The fourth-order valence-corrected chi connectivity index (χ4v) is 1.14. The Bertz CT molecular complexity index is 361. The number of carbonyl (C=O) groups excluding carboxylic acids is 1. The normalized spacial score (nSPS) is 10.0. The number of halogens is 1. The van der Waals surface area contributed by atoms with E-state index < -0.39 is 0 Å². The second-order valence-corrected chi connectivity index (χ2v) is 4.18. The number of hydrogen-bond acceptors (Lipinski definition) is 3. The molecule has 6 heteroatoms. The van der Waals surface area contributed by atoms with Crippen molar-refractivity contribution in [2.24, 2.45) is 0 Å². The predicted molar refractivity (Wildman–Crippen MR) is 60.8 cm³/mol. The Morgan fingerprint density at radius 1 is 1.67 bits per heavy atom. The van der Waals surface area contributed by atoms with Gasteiger partial charge >= 0.3 is 0 Å². The number of H-pyrrole nitrogens is 1. The Kier molecular flexibility index (Phi) is 4.48. The second kappa shape index (κ2) is 5.65. The van der Waals surface area contributed by atoms with Gasteiger partial charge in [0.05, 0.1) is 0 Å². The van der Waals surface area contributed by atoms with Gasteiger partial charge in [-0.3, -0.25) is 9.89 Å². The van der Waals surface area contributed by atoms with Crippen LogP contribution in [0.25, 0.3) is 0 Å². The molecule has 1 rings (SSSR count). The van der Waals surface area contributed by atoms with Gasteiger partial charge in [-0.05, 0) is 6.42 Å². The zero-order valence-electron chi connectivity index (χ0n) is 8.51. The summed E-state index contributed by atoms with van der Waals surface area (Å²) in [7, 11) is 0. The molecule has 0 saturated heterocycles. The van der Waals surface area contributed by atoms with Gasteiger partial charge in [0.15, 0.2) is 0 Å². The zero-order valence-corrected chi connectivity index (χ0v) is 10.1. The van der Waals surface area contributed by atoms with Crippen LogP contribution in [0.1, 0.15) is 29.8 Å². The molecule has 0 fully saturated rings. The highest BCUT2D eigenvalue weighted by Crippen LogP contribution is 1.99. The molecule has 0 aliphatic rings. The summed E-state index contributed by atoms with van der Waals surface area (Å²) in [5, 5.41) is 9.16. The fraction of sp³-hybridized carbons (Fsp3) is 0.444. The number of aromatic nitrogens is 3. The van der Waals surface area contributed by atoms with Crippen molar-refractivity contribution in [3.63, 3.8) is 0 Å². The molecule has 0 aromatic carbocycles. The Hall–Kier alpha value is -1.17. The minimum absolute atomic E-state index is 0.173. The number of rotatable bonds is 5. The Balaban J connectivity index is 2.54. The zero-order chi connectivity index (χ0) is 11.3. The molecule has 1 aromatic rings. The van der Waals surface area contributed by atoms with Crippen LogP contribution in [0.3, 0.4) is 0 Å². The van der Waals surface area contributed by atoms with Crippen LogP contribution in [-0.4, -0.2) is 27.6 Å². The molecule has 0 saturated carbocycles. The van der Waals surface area contributed by atoms with Gasteiger partial charge in [0.1, 0.15) is 5.82 Å². The highest BCUT2D eigenvalue weighted by atomic mass is 79.9. The number of nitrogens with one attached hydrogen (secondary N) is 2. The van der Waals surface area contributed by atoms with Gasteiger partial charge in [-0.25, -0.2) is 4.98 Å². The van der Waals surface area contributed by atoms with Gasteiger partial charge < -0.3 is 5.32 Å². The number of carbonyl (C=O) groups is 1. The van der Waals surface area contributed by atoms with E-state index in [1.165, 1.54) is 0 Å². The van der Waals surface area contributed by atoms with E-state index in [0.29, 0.717) is 11.0 Å². The number of hydrogen-bond donors (Lipinski definition) is 2. The van der Waals surface area contributed by atoms with Crippen LogP contribution in [0.15, 0.2) is 11.1 Å². The molecule has 0 unspecified atom stereocenters. The predicted octanol–water partition coefficient (Wildman–Crippen LogP) is 1.40. The Labute approximate surface area is 96.5 Å². The molecule has 0 aliphatic heterocycles. The fourth-order valence-electron chi connectivity index (χ4n) is 1.00. The van der Waals surface area contributed by atoms with Crippen LogP contribution in [-0.2, 0) is 6.42 Å². The van der Waals surface area contributed by atoms with Gasteiger partial charge in [0.25, 0.3) is 5.91 Å². The summed E-state index contributed by atoms with van der Waals surface area (Å²) in [6.45, 7) is 6.02. The van der Waals surface area contributed by atoms with Crippen molar-refractivity contribution in [2.75, 3.05) is 6.54 Å². The van der Waals surface area contributed by atoms with Crippen molar-refractivity contribution in [3.05, 3.63) is 22.7 Å². The summed E-state index contributed by atoms with van der Waals surface area (Å²) in [5.41, 5.74) is 0. The van der Waals surface area contributed by atoms with Gasteiger partial charge in [-0.1, -0.05) is 29.4 Å². The third-order valence-corrected chi connectivity index (χ3v) is 1.94. The lowest BCUT2D eigenvalue weighted by Gasteiger charge is -1.98. The molecule has 1 aromatic heterocycles. The molecule has 0 spiro atoms. The first-order valence-electron chi connectivity index (χ1n) is 4.66. The summed E-state index contributed by atoms with van der Waals surface area (Å²) in [6.07, 6.45) is 1.76. The van der Waals surface area contributed by atoms with Gasteiger partial charge in [-0.2, -0.15) is 0 Å². The quantitative estimate of drug-likeness (QED) is 0.851. The number of amides is 1. The van der Waals surface area contributed by atoms with Gasteiger partial charge in [0.2, 0.25) is 5.82 Å². The van der Waals surface area contributed by atoms with E-state index in [-0.39, 0.29) is 11.7 Å². The van der Waals surface area contributed by atoms with Gasteiger partial charge in [0, 0.05) is 17.4 Å². The molecule has 1 heterocycles. The summed E-state index contributed by atoms with van der Waals surface area (Å²) in [5.74, 6) is 0.613. The van der Waals surface area contributed by atoms with Crippen LogP contribution < -0.4 is 5.32 Å². The maximum absolute atomic E-state index is 11.4. The molecule has 0 radical (unpaired) electrons. The highest BCUT2D eigenvalue weighted by Gasteiger charge is 2.11. The van der Waals surface area contributed by atoms with E-state index in [1.807, 2.05) is 6.92 Å². The molecular weight excluding hydrogens is 260 g/mol. The van der Waals surface area contributed by atoms with E-state index in [9.17, 15) is 4.79 Å². The first-order valence-corrected chi connectivity index (χ1v) is 5.45. The van der Waals surface area contributed by atoms with Crippen LogP contribution in [0, 0.1) is 0 Å². The summed E-state index contributed by atoms with van der Waals surface area (Å²) >= 11 is 3.15. The topological polar surface area (TPSA) is 70.7 Å². The highest BCUT2D eigenvalue weighted by molar-refractivity contribution is 9.11. The van der Waals surface area contributed by atoms with Crippen molar-refractivity contribution in [1.82, 2.24) is 20.5 Å². The molecule has 0 atom stereocenters. The Morgan fingerprint density at radius 2 is 2.40 bits per heavy atom. The lowest BCUT2D eigenvalue weighted by molar-refractivity contribution is 0.0948. The van der Waals surface area contributed by atoms with Crippen molar-refractivity contribution in [1.29, 1.82) is 0 Å². The van der Waals surface area contributed by atoms with Crippen molar-refractivity contribution in [2.45, 2.75) is 19.8 Å². The second-order valence-electron chi connectivity index (χ2n) is 3.06. The molecule has 2 N–H and O–H groups in total. The van der Waals surface area contributed by atoms with E-state index >= 15 is 0 Å². The molecule has 82 valence electrons.